The van der Waals surface area contributed by atoms with Crippen molar-refractivity contribution in [1.29, 1.82) is 0 Å². The summed E-state index contributed by atoms with van der Waals surface area (Å²) in [5.41, 5.74) is 2.87. The smallest absolute Gasteiger partial charge is 0.265 e. The highest BCUT2D eigenvalue weighted by Crippen LogP contribution is 2.37. The van der Waals surface area contributed by atoms with Gasteiger partial charge in [-0.15, -0.1) is 0 Å². The van der Waals surface area contributed by atoms with Gasteiger partial charge in [0.15, 0.2) is 6.10 Å². The Balaban J connectivity index is 1.56. The molecule has 0 spiro atoms. The van der Waals surface area contributed by atoms with Gasteiger partial charge in [-0.3, -0.25) is 9.59 Å². The fraction of sp³-hybridized carbons (Fsp3) is 0.440. The summed E-state index contributed by atoms with van der Waals surface area (Å²) < 4.78 is 34.4. The molecule has 182 valence electrons. The molecule has 2 amide bonds. The molecule has 2 aromatic rings. The van der Waals surface area contributed by atoms with Gasteiger partial charge in [-0.25, -0.2) is 8.42 Å². The first kappa shape index (κ1) is 24.2. The Bertz CT molecular complexity index is 1210. The molecule has 0 aromatic heterocycles. The topological polar surface area (TPSA) is 96.0 Å². The van der Waals surface area contributed by atoms with Gasteiger partial charge in [0.1, 0.15) is 5.75 Å². The van der Waals surface area contributed by atoms with Gasteiger partial charge in [0.05, 0.1) is 16.5 Å². The maximum atomic E-state index is 13.6. The lowest BCUT2D eigenvalue weighted by atomic mass is 9.98. The van der Waals surface area contributed by atoms with Crippen LogP contribution in [-0.2, 0) is 19.6 Å². The number of hydrogen-bond donors (Lipinski definition) is 1. The second kappa shape index (κ2) is 9.38. The van der Waals surface area contributed by atoms with Gasteiger partial charge in [0.25, 0.3) is 5.91 Å². The van der Waals surface area contributed by atoms with Crippen molar-refractivity contribution in [1.82, 2.24) is 4.31 Å². The summed E-state index contributed by atoms with van der Waals surface area (Å²) >= 11 is 0. The lowest BCUT2D eigenvalue weighted by Gasteiger charge is -2.34. The van der Waals surface area contributed by atoms with Gasteiger partial charge in [-0.05, 0) is 56.9 Å². The van der Waals surface area contributed by atoms with E-state index in [1.807, 2.05) is 38.1 Å². The number of rotatable bonds is 5. The maximum Gasteiger partial charge on any atom is 0.265 e. The zero-order valence-electron chi connectivity index (χ0n) is 20.0. The van der Waals surface area contributed by atoms with Gasteiger partial charge in [-0.1, -0.05) is 24.6 Å². The Hall–Kier alpha value is -2.91. The van der Waals surface area contributed by atoms with Crippen LogP contribution in [0.1, 0.15) is 37.3 Å². The van der Waals surface area contributed by atoms with Crippen molar-refractivity contribution in [2.24, 2.45) is 5.92 Å². The Kier molecular flexibility index (Phi) is 6.69. The number of fused-ring (bicyclic) bond motifs is 1. The predicted molar refractivity (Wildman–Crippen MR) is 131 cm³/mol. The Labute approximate surface area is 200 Å². The molecule has 2 atom stereocenters. The monoisotopic (exact) mass is 485 g/mol. The lowest BCUT2D eigenvalue weighted by Crippen LogP contribution is -2.46. The summed E-state index contributed by atoms with van der Waals surface area (Å²) in [4.78, 5) is 27.0. The van der Waals surface area contributed by atoms with E-state index in [0.717, 1.165) is 11.3 Å². The normalized spacial score (nSPS) is 20.8. The molecule has 1 N–H and O–H groups in total. The predicted octanol–water partition coefficient (Wildman–Crippen LogP) is 3.48. The number of carbonyl (C=O) groups is 2. The molecular weight excluding hydrogens is 454 g/mol. The quantitative estimate of drug-likeness (QED) is 0.700. The molecule has 2 heterocycles. The first-order chi connectivity index (χ1) is 16.1. The Morgan fingerprint density at radius 2 is 1.91 bits per heavy atom. The lowest BCUT2D eigenvalue weighted by molar-refractivity contribution is -0.124. The van der Waals surface area contributed by atoms with Crippen molar-refractivity contribution in [3.05, 3.63) is 47.5 Å². The summed E-state index contributed by atoms with van der Waals surface area (Å²) in [6.45, 7) is 6.00. The van der Waals surface area contributed by atoms with Crippen molar-refractivity contribution < 1.29 is 22.7 Å². The number of amides is 2. The second-order valence-electron chi connectivity index (χ2n) is 9.05. The molecule has 1 saturated heterocycles. The molecule has 1 fully saturated rings. The minimum Gasteiger partial charge on any atom is -0.478 e. The standard InChI is InChI=1S/C25H31N3O5S/c1-5-21-24(29)26-20-13-17(3)23(14-22(20)33-21)34(31,32)28-12-6-7-18(15-28)25(30)27(4)19-10-8-16(2)9-11-19/h8-11,13-14,18,21H,5-7,12,15H2,1-4H3,(H,26,29)/t18-,21-/m1/s1. The largest absolute Gasteiger partial charge is 0.478 e. The first-order valence-electron chi connectivity index (χ1n) is 11.6. The molecule has 4 rings (SSSR count). The highest BCUT2D eigenvalue weighted by atomic mass is 32.2. The van der Waals surface area contributed by atoms with E-state index in [1.165, 1.54) is 10.4 Å². The van der Waals surface area contributed by atoms with E-state index in [-0.39, 0.29) is 23.3 Å². The zero-order chi connectivity index (χ0) is 24.6. The molecule has 0 saturated carbocycles. The van der Waals surface area contributed by atoms with Crippen molar-refractivity contribution in [3.63, 3.8) is 0 Å². The average molecular weight is 486 g/mol. The third-order valence-electron chi connectivity index (χ3n) is 6.57. The number of aryl methyl sites for hydroxylation is 2. The summed E-state index contributed by atoms with van der Waals surface area (Å²) in [6, 6.07) is 10.8. The third-order valence-corrected chi connectivity index (χ3v) is 8.58. The highest BCUT2D eigenvalue weighted by molar-refractivity contribution is 7.89. The number of hydrogen-bond acceptors (Lipinski definition) is 5. The number of ether oxygens (including phenoxy) is 1. The molecule has 0 aliphatic carbocycles. The molecule has 2 aliphatic rings. The van der Waals surface area contributed by atoms with Gasteiger partial charge in [0, 0.05) is 31.9 Å². The van der Waals surface area contributed by atoms with E-state index in [0.29, 0.717) is 42.8 Å². The number of anilines is 2. The van der Waals surface area contributed by atoms with E-state index < -0.39 is 22.0 Å². The molecule has 0 bridgehead atoms. The minimum atomic E-state index is -3.86. The average Bonchev–Trinajstić information content (AvgIpc) is 2.83. The minimum absolute atomic E-state index is 0.0947. The van der Waals surface area contributed by atoms with Crippen LogP contribution < -0.4 is 15.0 Å². The van der Waals surface area contributed by atoms with Crippen LogP contribution >= 0.6 is 0 Å². The molecule has 2 aromatic carbocycles. The number of sulfonamides is 1. The van der Waals surface area contributed by atoms with E-state index in [4.69, 9.17) is 4.74 Å². The Morgan fingerprint density at radius 1 is 1.21 bits per heavy atom. The first-order valence-corrected chi connectivity index (χ1v) is 13.0. The molecular formula is C25H31N3O5S. The van der Waals surface area contributed by atoms with E-state index in [9.17, 15) is 18.0 Å². The van der Waals surface area contributed by atoms with Gasteiger partial charge in [-0.2, -0.15) is 4.31 Å². The van der Waals surface area contributed by atoms with Crippen LogP contribution in [0, 0.1) is 19.8 Å². The van der Waals surface area contributed by atoms with Gasteiger partial charge >= 0.3 is 0 Å². The SMILES string of the molecule is CC[C@H]1Oc2cc(S(=O)(=O)N3CCC[C@@H](C(=O)N(C)c4ccc(C)cc4)C3)c(C)cc2NC1=O. The van der Waals surface area contributed by atoms with E-state index in [1.54, 1.807) is 24.9 Å². The number of nitrogens with zero attached hydrogens (tertiary/aromatic N) is 2. The van der Waals surface area contributed by atoms with Crippen LogP contribution in [0.5, 0.6) is 5.75 Å². The Morgan fingerprint density at radius 3 is 2.59 bits per heavy atom. The molecule has 0 radical (unpaired) electrons. The van der Waals surface area contributed by atoms with Crippen LogP contribution in [0.15, 0.2) is 41.3 Å². The summed E-state index contributed by atoms with van der Waals surface area (Å²) in [5.74, 6) is -0.407. The molecule has 2 aliphatic heterocycles. The fourth-order valence-electron chi connectivity index (χ4n) is 4.50. The number of piperidine rings is 1. The molecule has 0 unspecified atom stereocenters. The summed E-state index contributed by atoms with van der Waals surface area (Å²) in [7, 11) is -2.13. The van der Waals surface area contributed by atoms with E-state index >= 15 is 0 Å². The van der Waals surface area contributed by atoms with Crippen molar-refractivity contribution in [3.8, 4) is 5.75 Å². The van der Waals surface area contributed by atoms with Crippen LogP contribution in [0.3, 0.4) is 0 Å². The van der Waals surface area contributed by atoms with Crippen molar-refractivity contribution in [2.75, 3.05) is 30.4 Å². The molecule has 8 nitrogen and oxygen atoms in total. The van der Waals surface area contributed by atoms with Crippen LogP contribution in [0.2, 0.25) is 0 Å². The third kappa shape index (κ3) is 4.54. The number of benzene rings is 2. The summed E-state index contributed by atoms with van der Waals surface area (Å²) in [5, 5.41) is 2.79. The van der Waals surface area contributed by atoms with Crippen molar-refractivity contribution in [2.45, 2.75) is 51.0 Å². The van der Waals surface area contributed by atoms with Gasteiger partial charge < -0.3 is 15.0 Å². The van der Waals surface area contributed by atoms with Crippen LogP contribution in [0.4, 0.5) is 11.4 Å². The molecule has 9 heteroatoms. The fourth-order valence-corrected chi connectivity index (χ4v) is 6.25. The summed E-state index contributed by atoms with van der Waals surface area (Å²) in [6.07, 6.45) is 1.06. The van der Waals surface area contributed by atoms with E-state index in [2.05, 4.69) is 5.32 Å². The van der Waals surface area contributed by atoms with Gasteiger partial charge in [0.2, 0.25) is 15.9 Å². The number of nitrogens with one attached hydrogen (secondary N) is 1. The highest BCUT2D eigenvalue weighted by Gasteiger charge is 2.36. The van der Waals surface area contributed by atoms with Crippen LogP contribution in [-0.4, -0.2) is 50.8 Å². The zero-order valence-corrected chi connectivity index (χ0v) is 20.8. The van der Waals surface area contributed by atoms with Crippen LogP contribution in [0.25, 0.3) is 0 Å². The van der Waals surface area contributed by atoms with Crippen molar-refractivity contribution >= 4 is 33.2 Å². The maximum absolute atomic E-state index is 13.6. The molecule has 34 heavy (non-hydrogen) atoms. The second-order valence-corrected chi connectivity index (χ2v) is 11.0. The number of carbonyl (C=O) groups excluding carboxylic acids is 2.